The van der Waals surface area contributed by atoms with Gasteiger partial charge in [0.25, 0.3) is 0 Å². The Morgan fingerprint density at radius 2 is 1.84 bits per heavy atom. The molecule has 0 amide bonds. The van der Waals surface area contributed by atoms with Gasteiger partial charge in [-0.15, -0.1) is 0 Å². The van der Waals surface area contributed by atoms with E-state index in [1.807, 2.05) is 32.0 Å². The first-order valence-electron chi connectivity index (χ1n) is 10.6. The Balaban J connectivity index is 0.00000289. The number of hydrogen-bond donors (Lipinski definition) is 3. The van der Waals surface area contributed by atoms with Crippen LogP contribution in [0.4, 0.5) is 11.8 Å². The fourth-order valence-electron chi connectivity index (χ4n) is 3.78. The number of aliphatic hydroxyl groups is 1. The van der Waals surface area contributed by atoms with Gasteiger partial charge in [-0.05, 0) is 29.5 Å². The van der Waals surface area contributed by atoms with E-state index in [9.17, 15) is 10.4 Å². The standard InChI is InChI=1S/C25H27N5O.H2/c1-25(2)21(14-22(25)31)29-23-20(15-26)16-28-24(30-23)27-13-12-17-8-10-19(11-9-17)18-6-4-3-5-7-18;/h3-11,16,21-22,31H,12-14H2,1-2H3,(H2,27,28,29,30);1H/t21-,22+;/m0./s1. The minimum Gasteiger partial charge on any atom is -0.392 e. The fraction of sp³-hybridized carbons (Fsp3) is 0.320. The topological polar surface area (TPSA) is 93.9 Å². The zero-order valence-corrected chi connectivity index (χ0v) is 17.8. The lowest BCUT2D eigenvalue weighted by Crippen LogP contribution is -2.57. The molecular weight excluding hydrogens is 386 g/mol. The van der Waals surface area contributed by atoms with Crippen molar-refractivity contribution >= 4 is 11.8 Å². The van der Waals surface area contributed by atoms with E-state index in [2.05, 4.69) is 63.1 Å². The predicted molar refractivity (Wildman–Crippen MR) is 125 cm³/mol. The van der Waals surface area contributed by atoms with Crippen LogP contribution in [0.25, 0.3) is 11.1 Å². The van der Waals surface area contributed by atoms with Gasteiger partial charge in [-0.1, -0.05) is 68.4 Å². The summed E-state index contributed by atoms with van der Waals surface area (Å²) in [5.74, 6) is 0.997. The number of aromatic nitrogens is 2. The average molecular weight is 416 g/mol. The highest BCUT2D eigenvalue weighted by Crippen LogP contribution is 2.42. The Hall–Kier alpha value is -3.43. The van der Waals surface area contributed by atoms with Gasteiger partial charge < -0.3 is 15.7 Å². The molecule has 6 heteroatoms. The molecule has 0 radical (unpaired) electrons. The van der Waals surface area contributed by atoms with Crippen LogP contribution in [0.5, 0.6) is 0 Å². The molecule has 2 atom stereocenters. The lowest BCUT2D eigenvalue weighted by molar-refractivity contribution is -0.0511. The second-order valence-electron chi connectivity index (χ2n) is 8.58. The highest BCUT2D eigenvalue weighted by Gasteiger charge is 2.47. The Labute approximate surface area is 184 Å². The van der Waals surface area contributed by atoms with Crippen LogP contribution in [-0.4, -0.2) is 33.8 Å². The summed E-state index contributed by atoms with van der Waals surface area (Å²) in [5, 5.41) is 25.9. The highest BCUT2D eigenvalue weighted by molar-refractivity contribution is 5.63. The molecule has 0 spiro atoms. The van der Waals surface area contributed by atoms with Crippen LogP contribution in [0.1, 0.15) is 32.8 Å². The lowest BCUT2D eigenvalue weighted by Gasteiger charge is -2.49. The molecule has 31 heavy (non-hydrogen) atoms. The number of nitriles is 1. The van der Waals surface area contributed by atoms with E-state index in [-0.39, 0.29) is 19.0 Å². The van der Waals surface area contributed by atoms with Crippen LogP contribution in [0, 0.1) is 16.7 Å². The molecule has 0 aliphatic heterocycles. The number of rotatable bonds is 7. The molecule has 0 bridgehead atoms. The maximum atomic E-state index is 9.96. The minimum absolute atomic E-state index is 0. The molecule has 4 rings (SSSR count). The van der Waals surface area contributed by atoms with Crippen molar-refractivity contribution in [1.82, 2.24) is 9.97 Å². The number of nitrogens with zero attached hydrogens (tertiary/aromatic N) is 3. The molecule has 1 saturated carbocycles. The number of nitrogens with one attached hydrogen (secondary N) is 2. The summed E-state index contributed by atoms with van der Waals surface area (Å²) in [6.07, 6.45) is 2.67. The minimum atomic E-state index is -0.344. The van der Waals surface area contributed by atoms with Crippen molar-refractivity contribution in [3.05, 3.63) is 71.9 Å². The summed E-state index contributed by atoms with van der Waals surface area (Å²) in [7, 11) is 0. The summed E-state index contributed by atoms with van der Waals surface area (Å²) >= 11 is 0. The van der Waals surface area contributed by atoms with Crippen molar-refractivity contribution in [3.63, 3.8) is 0 Å². The summed E-state index contributed by atoms with van der Waals surface area (Å²) in [6, 6.07) is 21.1. The lowest BCUT2D eigenvalue weighted by atomic mass is 9.64. The van der Waals surface area contributed by atoms with Crippen molar-refractivity contribution in [2.45, 2.75) is 38.8 Å². The third kappa shape index (κ3) is 4.52. The van der Waals surface area contributed by atoms with E-state index in [1.165, 1.54) is 22.9 Å². The maximum Gasteiger partial charge on any atom is 0.224 e. The van der Waals surface area contributed by atoms with E-state index in [1.54, 1.807) is 0 Å². The number of benzene rings is 2. The first-order chi connectivity index (χ1) is 15.0. The van der Waals surface area contributed by atoms with Crippen LogP contribution in [0.3, 0.4) is 0 Å². The Morgan fingerprint density at radius 3 is 2.48 bits per heavy atom. The van der Waals surface area contributed by atoms with Gasteiger partial charge in [0.05, 0.1) is 12.3 Å². The van der Waals surface area contributed by atoms with Crippen molar-refractivity contribution in [2.75, 3.05) is 17.2 Å². The smallest absolute Gasteiger partial charge is 0.224 e. The molecule has 6 nitrogen and oxygen atoms in total. The van der Waals surface area contributed by atoms with E-state index >= 15 is 0 Å². The van der Waals surface area contributed by atoms with E-state index in [0.717, 1.165) is 6.42 Å². The molecule has 1 fully saturated rings. The van der Waals surface area contributed by atoms with Crippen molar-refractivity contribution in [3.8, 4) is 17.2 Å². The molecular formula is C25H29N5O. The van der Waals surface area contributed by atoms with Crippen molar-refractivity contribution in [1.29, 1.82) is 5.26 Å². The molecule has 0 unspecified atom stereocenters. The first-order valence-corrected chi connectivity index (χ1v) is 10.6. The number of aliphatic hydroxyl groups excluding tert-OH is 1. The average Bonchev–Trinajstić information content (AvgIpc) is 2.80. The number of hydrogen-bond acceptors (Lipinski definition) is 6. The molecule has 1 aromatic heterocycles. The second-order valence-corrected chi connectivity index (χ2v) is 8.58. The van der Waals surface area contributed by atoms with E-state index < -0.39 is 0 Å². The van der Waals surface area contributed by atoms with Gasteiger partial charge in [0.15, 0.2) is 0 Å². The summed E-state index contributed by atoms with van der Waals surface area (Å²) in [4.78, 5) is 8.77. The van der Waals surface area contributed by atoms with Crippen molar-refractivity contribution < 1.29 is 6.53 Å². The van der Waals surface area contributed by atoms with Gasteiger partial charge in [0.1, 0.15) is 17.5 Å². The fourth-order valence-corrected chi connectivity index (χ4v) is 3.78. The highest BCUT2D eigenvalue weighted by atomic mass is 16.3. The zero-order chi connectivity index (χ0) is 21.8. The molecule has 160 valence electrons. The molecule has 1 aliphatic carbocycles. The first kappa shape index (κ1) is 20.8. The van der Waals surface area contributed by atoms with Crippen LogP contribution >= 0.6 is 0 Å². The largest absolute Gasteiger partial charge is 0.392 e. The summed E-state index contributed by atoms with van der Waals surface area (Å²) < 4.78 is 0. The Bertz CT molecular complexity index is 1080. The SMILES string of the molecule is CC1(C)[C@H](O)C[C@@H]1Nc1nc(NCCc2ccc(-c3ccccc3)cc2)ncc1C#N.[HH]. The van der Waals surface area contributed by atoms with Crippen LogP contribution in [0.15, 0.2) is 60.8 Å². The maximum absolute atomic E-state index is 9.96. The second kappa shape index (κ2) is 8.75. The Kier molecular flexibility index (Phi) is 5.88. The summed E-state index contributed by atoms with van der Waals surface area (Å²) in [6.45, 7) is 4.70. The van der Waals surface area contributed by atoms with E-state index in [4.69, 9.17) is 0 Å². The van der Waals surface area contributed by atoms with Crippen LogP contribution < -0.4 is 10.6 Å². The molecule has 3 aromatic rings. The van der Waals surface area contributed by atoms with Gasteiger partial charge in [-0.25, -0.2) is 4.98 Å². The third-order valence-corrected chi connectivity index (χ3v) is 6.19. The Morgan fingerprint density at radius 1 is 1.13 bits per heavy atom. The predicted octanol–water partition coefficient (Wildman–Crippen LogP) is 4.49. The summed E-state index contributed by atoms with van der Waals surface area (Å²) in [5.41, 5.74) is 3.79. The zero-order valence-electron chi connectivity index (χ0n) is 17.8. The van der Waals surface area contributed by atoms with Crippen LogP contribution in [0.2, 0.25) is 0 Å². The molecule has 1 aliphatic rings. The molecule has 3 N–H and O–H groups in total. The molecule has 0 saturated heterocycles. The van der Waals surface area contributed by atoms with Gasteiger partial charge in [-0.2, -0.15) is 10.2 Å². The van der Waals surface area contributed by atoms with E-state index in [0.29, 0.717) is 30.3 Å². The normalized spacial score (nSPS) is 19.2. The molecule has 2 aromatic carbocycles. The number of anilines is 2. The van der Waals surface area contributed by atoms with Gasteiger partial charge in [0, 0.05) is 19.4 Å². The molecule has 1 heterocycles. The van der Waals surface area contributed by atoms with Gasteiger partial charge >= 0.3 is 0 Å². The van der Waals surface area contributed by atoms with Gasteiger partial charge in [-0.3, -0.25) is 0 Å². The third-order valence-electron chi connectivity index (χ3n) is 6.19. The van der Waals surface area contributed by atoms with Crippen LogP contribution in [-0.2, 0) is 6.42 Å². The quantitative estimate of drug-likeness (QED) is 0.526. The van der Waals surface area contributed by atoms with Crippen molar-refractivity contribution in [2.24, 2.45) is 5.41 Å². The monoisotopic (exact) mass is 415 g/mol. The van der Waals surface area contributed by atoms with Gasteiger partial charge in [0.2, 0.25) is 5.95 Å².